The van der Waals surface area contributed by atoms with E-state index in [1.54, 1.807) is 18.2 Å². The largest absolute Gasteiger partial charge is 0.399 e. The van der Waals surface area contributed by atoms with Gasteiger partial charge >= 0.3 is 10.2 Å². The Hall–Kier alpha value is -0.790. The summed E-state index contributed by atoms with van der Waals surface area (Å²) in [5, 5.41) is 0. The van der Waals surface area contributed by atoms with Crippen LogP contribution in [0.25, 0.3) is 0 Å². The number of nitrogens with zero attached hydrogens (tertiary/aromatic N) is 1. The molecule has 0 aliphatic carbocycles. The van der Waals surface area contributed by atoms with E-state index in [4.69, 9.17) is 5.73 Å². The third-order valence-corrected chi connectivity index (χ3v) is 4.85. The molecule has 3 N–H and O–H groups in total. The normalized spacial score (nSPS) is 17.2. The molecule has 1 saturated heterocycles. The monoisotopic (exact) mass is 319 g/mol. The number of nitrogens with one attached hydrogen (secondary N) is 1. The van der Waals surface area contributed by atoms with Crippen molar-refractivity contribution < 1.29 is 8.42 Å². The Morgan fingerprint density at radius 3 is 2.59 bits per heavy atom. The molecule has 1 heterocycles. The first-order chi connectivity index (χ1) is 7.99. The van der Waals surface area contributed by atoms with E-state index in [1.807, 2.05) is 0 Å². The molecule has 0 unspecified atom stereocenters. The van der Waals surface area contributed by atoms with Gasteiger partial charge in [-0.05, 0) is 47.0 Å². The first-order valence-electron chi connectivity index (χ1n) is 5.32. The minimum absolute atomic E-state index is 0.469. The second-order valence-electron chi connectivity index (χ2n) is 3.95. The van der Waals surface area contributed by atoms with Crippen LogP contribution in [0, 0.1) is 0 Å². The first kappa shape index (κ1) is 12.7. The van der Waals surface area contributed by atoms with E-state index in [0.717, 1.165) is 12.8 Å². The Morgan fingerprint density at radius 2 is 1.94 bits per heavy atom. The van der Waals surface area contributed by atoms with Crippen molar-refractivity contribution in [3.05, 3.63) is 22.7 Å². The second-order valence-corrected chi connectivity index (χ2v) is 6.48. The van der Waals surface area contributed by atoms with Gasteiger partial charge in [-0.1, -0.05) is 0 Å². The zero-order valence-electron chi connectivity index (χ0n) is 9.19. The van der Waals surface area contributed by atoms with E-state index >= 15 is 0 Å². The quantitative estimate of drug-likeness (QED) is 0.834. The summed E-state index contributed by atoms with van der Waals surface area (Å²) in [7, 11) is -3.45. The zero-order chi connectivity index (χ0) is 12.5. The van der Waals surface area contributed by atoms with Crippen molar-refractivity contribution in [1.82, 2.24) is 4.31 Å². The number of halogens is 1. The van der Waals surface area contributed by atoms with Crippen LogP contribution in [0.15, 0.2) is 22.7 Å². The fourth-order valence-electron chi connectivity index (χ4n) is 1.75. The average Bonchev–Trinajstić information content (AvgIpc) is 2.77. The number of benzene rings is 1. The van der Waals surface area contributed by atoms with Gasteiger partial charge in [0, 0.05) is 23.2 Å². The predicted octanol–water partition coefficient (Wildman–Crippen LogP) is 1.78. The highest BCUT2D eigenvalue weighted by molar-refractivity contribution is 9.10. The zero-order valence-corrected chi connectivity index (χ0v) is 11.6. The van der Waals surface area contributed by atoms with Crippen molar-refractivity contribution in [3.63, 3.8) is 0 Å². The summed E-state index contributed by atoms with van der Waals surface area (Å²) in [4.78, 5) is 0. The van der Waals surface area contributed by atoms with Crippen LogP contribution in [0.2, 0.25) is 0 Å². The predicted molar refractivity (Wildman–Crippen MR) is 71.9 cm³/mol. The van der Waals surface area contributed by atoms with E-state index < -0.39 is 10.2 Å². The van der Waals surface area contributed by atoms with E-state index in [2.05, 4.69) is 20.7 Å². The summed E-state index contributed by atoms with van der Waals surface area (Å²) < 4.78 is 28.7. The molecule has 0 atom stereocenters. The molecule has 1 aromatic rings. The molecule has 1 aliphatic heterocycles. The standard InChI is InChI=1S/C10H14BrN3O2S/c11-9-4-3-8(12)7-10(9)13-17(15,16)14-5-1-2-6-14/h3-4,7,13H,1-2,5-6,12H2. The maximum absolute atomic E-state index is 12.0. The lowest BCUT2D eigenvalue weighted by molar-refractivity contribution is 0.482. The Kier molecular flexibility index (Phi) is 3.60. The first-order valence-corrected chi connectivity index (χ1v) is 7.55. The van der Waals surface area contributed by atoms with Crippen molar-refractivity contribution in [1.29, 1.82) is 0 Å². The summed E-state index contributed by atoms with van der Waals surface area (Å²) in [6.07, 6.45) is 1.83. The molecule has 0 saturated carbocycles. The smallest absolute Gasteiger partial charge is 0.301 e. The Balaban J connectivity index is 2.22. The summed E-state index contributed by atoms with van der Waals surface area (Å²) in [6.45, 7) is 1.16. The third-order valence-electron chi connectivity index (χ3n) is 2.63. The van der Waals surface area contributed by atoms with Crippen LogP contribution in [-0.2, 0) is 10.2 Å². The number of rotatable bonds is 3. The van der Waals surface area contributed by atoms with E-state index in [0.29, 0.717) is 28.9 Å². The molecule has 0 bridgehead atoms. The Bertz CT molecular complexity index is 512. The number of nitrogens with two attached hydrogens (primary N) is 1. The summed E-state index contributed by atoms with van der Waals surface area (Å²) in [5.74, 6) is 0. The Labute approximate surface area is 109 Å². The molecule has 1 fully saturated rings. The molecule has 94 valence electrons. The molecule has 17 heavy (non-hydrogen) atoms. The fourth-order valence-corrected chi connectivity index (χ4v) is 3.54. The molecule has 5 nitrogen and oxygen atoms in total. The SMILES string of the molecule is Nc1ccc(Br)c(NS(=O)(=O)N2CCCC2)c1. The molecular formula is C10H14BrN3O2S. The van der Waals surface area contributed by atoms with Crippen molar-refractivity contribution in [2.24, 2.45) is 0 Å². The highest BCUT2D eigenvalue weighted by Crippen LogP contribution is 2.26. The molecule has 7 heteroatoms. The fraction of sp³-hybridized carbons (Fsp3) is 0.400. The Morgan fingerprint density at radius 1 is 1.29 bits per heavy atom. The number of nitrogen functional groups attached to an aromatic ring is 1. The lowest BCUT2D eigenvalue weighted by Crippen LogP contribution is -2.33. The molecule has 0 spiro atoms. The number of hydrogen-bond acceptors (Lipinski definition) is 3. The summed E-state index contributed by atoms with van der Waals surface area (Å²) in [6, 6.07) is 5.02. The van der Waals surface area contributed by atoms with Crippen molar-refractivity contribution in [3.8, 4) is 0 Å². The molecule has 1 aromatic carbocycles. The second kappa shape index (κ2) is 4.83. The minimum Gasteiger partial charge on any atom is -0.399 e. The molecule has 0 amide bonds. The van der Waals surface area contributed by atoms with Gasteiger partial charge in [0.05, 0.1) is 5.69 Å². The van der Waals surface area contributed by atoms with Crippen LogP contribution in [0.4, 0.5) is 11.4 Å². The van der Waals surface area contributed by atoms with Crippen LogP contribution >= 0.6 is 15.9 Å². The molecule has 0 radical (unpaired) electrons. The van der Waals surface area contributed by atoms with Gasteiger partial charge in [0.25, 0.3) is 0 Å². The summed E-state index contributed by atoms with van der Waals surface area (Å²) >= 11 is 3.29. The third kappa shape index (κ3) is 2.91. The van der Waals surface area contributed by atoms with Gasteiger partial charge in [-0.3, -0.25) is 4.72 Å². The van der Waals surface area contributed by atoms with E-state index in [1.165, 1.54) is 4.31 Å². The van der Waals surface area contributed by atoms with Crippen molar-refractivity contribution in [2.45, 2.75) is 12.8 Å². The van der Waals surface area contributed by atoms with Crippen molar-refractivity contribution >= 4 is 37.5 Å². The number of hydrogen-bond donors (Lipinski definition) is 2. The maximum atomic E-state index is 12.0. The van der Waals surface area contributed by atoms with Gasteiger partial charge < -0.3 is 5.73 Å². The van der Waals surface area contributed by atoms with Crippen LogP contribution in [-0.4, -0.2) is 25.8 Å². The molecule has 0 aromatic heterocycles. The van der Waals surface area contributed by atoms with Gasteiger partial charge in [0.1, 0.15) is 0 Å². The summed E-state index contributed by atoms with van der Waals surface area (Å²) in [5.41, 5.74) is 6.62. The van der Waals surface area contributed by atoms with E-state index in [-0.39, 0.29) is 0 Å². The molecule has 2 rings (SSSR count). The van der Waals surface area contributed by atoms with Crippen LogP contribution in [0.5, 0.6) is 0 Å². The highest BCUT2D eigenvalue weighted by atomic mass is 79.9. The average molecular weight is 320 g/mol. The van der Waals surface area contributed by atoms with Crippen LogP contribution in [0.3, 0.4) is 0 Å². The molecular weight excluding hydrogens is 306 g/mol. The van der Waals surface area contributed by atoms with Crippen LogP contribution < -0.4 is 10.5 Å². The highest BCUT2D eigenvalue weighted by Gasteiger charge is 2.25. The minimum atomic E-state index is -3.45. The van der Waals surface area contributed by atoms with Crippen LogP contribution in [0.1, 0.15) is 12.8 Å². The lowest BCUT2D eigenvalue weighted by atomic mass is 10.3. The van der Waals surface area contributed by atoms with Gasteiger partial charge in [0.2, 0.25) is 0 Å². The van der Waals surface area contributed by atoms with Gasteiger partial charge in [-0.2, -0.15) is 12.7 Å². The topological polar surface area (TPSA) is 75.4 Å². The maximum Gasteiger partial charge on any atom is 0.301 e. The van der Waals surface area contributed by atoms with Gasteiger partial charge in [0.15, 0.2) is 0 Å². The van der Waals surface area contributed by atoms with Gasteiger partial charge in [-0.15, -0.1) is 0 Å². The van der Waals surface area contributed by atoms with Crippen molar-refractivity contribution in [2.75, 3.05) is 23.5 Å². The van der Waals surface area contributed by atoms with E-state index in [9.17, 15) is 8.42 Å². The lowest BCUT2D eigenvalue weighted by Gasteiger charge is -2.17. The molecule has 1 aliphatic rings. The number of anilines is 2. The van der Waals surface area contributed by atoms with Gasteiger partial charge in [-0.25, -0.2) is 0 Å².